The molecule has 1 aromatic carbocycles. The predicted molar refractivity (Wildman–Crippen MR) is 112 cm³/mol. The topological polar surface area (TPSA) is 97.8 Å². The highest BCUT2D eigenvalue weighted by atomic mass is 32.2. The monoisotopic (exact) mass is 475 g/mol. The third-order valence-electron chi connectivity index (χ3n) is 4.66. The van der Waals surface area contributed by atoms with Crippen LogP contribution in [0.1, 0.15) is 33.6 Å². The second kappa shape index (κ2) is 8.64. The van der Waals surface area contributed by atoms with Gasteiger partial charge in [0.05, 0.1) is 17.4 Å². The number of hydrogen-bond donors (Lipinski definition) is 1. The van der Waals surface area contributed by atoms with Crippen LogP contribution in [-0.4, -0.2) is 54.6 Å². The standard InChI is InChI=1S/C20H24F3N3O5S/c1-19(2,3)30-18(27)26-8-6-14(7-9-26)25-15-10-13-11-16(4-5-17(13)24-12-15)31-32(28,29)20(21,22)23/h4-5,10-12,14,25H,6-9H2,1-3H3. The Balaban J connectivity index is 1.65. The molecule has 0 saturated carbocycles. The summed E-state index contributed by atoms with van der Waals surface area (Å²) in [7, 11) is -5.75. The van der Waals surface area contributed by atoms with E-state index in [1.807, 2.05) is 0 Å². The van der Waals surface area contributed by atoms with E-state index < -0.39 is 27.0 Å². The summed E-state index contributed by atoms with van der Waals surface area (Å²) < 4.78 is 69.7. The van der Waals surface area contributed by atoms with E-state index in [-0.39, 0.29) is 12.1 Å². The van der Waals surface area contributed by atoms with E-state index in [0.29, 0.717) is 42.5 Å². The van der Waals surface area contributed by atoms with Gasteiger partial charge in [0.25, 0.3) is 0 Å². The van der Waals surface area contributed by atoms with Crippen molar-refractivity contribution >= 4 is 32.8 Å². The minimum Gasteiger partial charge on any atom is -0.444 e. The van der Waals surface area contributed by atoms with Gasteiger partial charge in [0.15, 0.2) is 0 Å². The van der Waals surface area contributed by atoms with Crippen molar-refractivity contribution in [3.63, 3.8) is 0 Å². The number of halogens is 3. The maximum atomic E-state index is 12.5. The van der Waals surface area contributed by atoms with Gasteiger partial charge < -0.3 is 19.1 Å². The van der Waals surface area contributed by atoms with Gasteiger partial charge in [-0.2, -0.15) is 21.6 Å². The number of carbonyl (C=O) groups excluding carboxylic acids is 1. The normalized spacial score (nSPS) is 16.1. The molecule has 1 fully saturated rings. The Labute approximate surface area is 183 Å². The van der Waals surface area contributed by atoms with Crippen molar-refractivity contribution in [2.75, 3.05) is 18.4 Å². The molecule has 1 N–H and O–H groups in total. The highest BCUT2D eigenvalue weighted by Crippen LogP contribution is 2.29. The van der Waals surface area contributed by atoms with E-state index in [0.717, 1.165) is 6.07 Å². The van der Waals surface area contributed by atoms with Crippen molar-refractivity contribution in [1.82, 2.24) is 9.88 Å². The van der Waals surface area contributed by atoms with Gasteiger partial charge in [-0.1, -0.05) is 0 Å². The Morgan fingerprint density at radius 1 is 1.16 bits per heavy atom. The SMILES string of the molecule is CC(C)(C)OC(=O)N1CCC(Nc2cnc3ccc(OS(=O)(=O)C(F)(F)F)cc3c2)CC1. The van der Waals surface area contributed by atoms with Crippen LogP contribution < -0.4 is 9.50 Å². The van der Waals surface area contributed by atoms with Crippen molar-refractivity contribution in [1.29, 1.82) is 0 Å². The lowest BCUT2D eigenvalue weighted by Gasteiger charge is -2.34. The number of anilines is 1. The first-order chi connectivity index (χ1) is 14.7. The van der Waals surface area contributed by atoms with Crippen molar-refractivity contribution in [2.45, 2.75) is 50.8 Å². The summed E-state index contributed by atoms with van der Waals surface area (Å²) in [5, 5.41) is 3.71. The fourth-order valence-electron chi connectivity index (χ4n) is 3.18. The average molecular weight is 475 g/mol. The molecule has 2 aromatic rings. The Hall–Kier alpha value is -2.76. The number of fused-ring (bicyclic) bond motifs is 1. The number of ether oxygens (including phenoxy) is 1. The molecule has 0 aliphatic carbocycles. The van der Waals surface area contributed by atoms with Crippen molar-refractivity contribution in [3.05, 3.63) is 30.5 Å². The average Bonchev–Trinajstić information content (AvgIpc) is 2.66. The molecule has 12 heteroatoms. The summed E-state index contributed by atoms with van der Waals surface area (Å²) in [5.41, 5.74) is -5.00. The molecular formula is C20H24F3N3O5S. The van der Waals surface area contributed by atoms with Gasteiger partial charge in [-0.3, -0.25) is 4.98 Å². The van der Waals surface area contributed by atoms with Crippen LogP contribution >= 0.6 is 0 Å². The summed E-state index contributed by atoms with van der Waals surface area (Å²) in [4.78, 5) is 18.1. The third kappa shape index (κ3) is 5.93. The molecule has 0 unspecified atom stereocenters. The van der Waals surface area contributed by atoms with Crippen LogP contribution in [0.4, 0.5) is 23.7 Å². The minimum absolute atomic E-state index is 0.0537. The molecule has 0 bridgehead atoms. The zero-order valence-electron chi connectivity index (χ0n) is 17.8. The number of amides is 1. The van der Waals surface area contributed by atoms with E-state index >= 15 is 0 Å². The number of pyridine rings is 1. The van der Waals surface area contributed by atoms with Crippen LogP contribution in [0, 0.1) is 0 Å². The molecule has 1 amide bonds. The van der Waals surface area contributed by atoms with Crippen LogP contribution in [0.15, 0.2) is 30.5 Å². The number of nitrogens with one attached hydrogen (secondary N) is 1. The summed E-state index contributed by atoms with van der Waals surface area (Å²) in [6.45, 7) is 6.45. The lowest BCUT2D eigenvalue weighted by molar-refractivity contribution is -0.0500. The molecule has 0 atom stereocenters. The molecule has 8 nitrogen and oxygen atoms in total. The van der Waals surface area contributed by atoms with Crippen LogP contribution in [-0.2, 0) is 14.9 Å². The van der Waals surface area contributed by atoms with Gasteiger partial charge in [0, 0.05) is 24.5 Å². The Kier molecular flexibility index (Phi) is 6.45. The van der Waals surface area contributed by atoms with Gasteiger partial charge in [0.2, 0.25) is 0 Å². The molecule has 176 valence electrons. The highest BCUT2D eigenvalue weighted by Gasteiger charge is 2.48. The fourth-order valence-corrected chi connectivity index (χ4v) is 3.63. The first-order valence-corrected chi connectivity index (χ1v) is 11.3. The van der Waals surface area contributed by atoms with Gasteiger partial charge in [-0.25, -0.2) is 4.79 Å². The smallest absolute Gasteiger partial charge is 0.444 e. The summed E-state index contributed by atoms with van der Waals surface area (Å²) in [5.74, 6) is -0.459. The third-order valence-corrected chi connectivity index (χ3v) is 5.64. The molecule has 1 aliphatic heterocycles. The number of piperidine rings is 1. The molecule has 0 spiro atoms. The molecule has 1 saturated heterocycles. The summed E-state index contributed by atoms with van der Waals surface area (Å²) in [6.07, 6.45) is 2.56. The van der Waals surface area contributed by atoms with E-state index in [4.69, 9.17) is 4.74 Å². The first kappa shape index (κ1) is 23.9. The quantitative estimate of drug-likeness (QED) is 0.521. The van der Waals surface area contributed by atoms with Gasteiger partial charge in [-0.05, 0) is 57.9 Å². The molecule has 2 heterocycles. The highest BCUT2D eigenvalue weighted by molar-refractivity contribution is 7.88. The van der Waals surface area contributed by atoms with Gasteiger partial charge in [-0.15, -0.1) is 0 Å². The number of carbonyl (C=O) groups is 1. The fraction of sp³-hybridized carbons (Fsp3) is 0.500. The van der Waals surface area contributed by atoms with E-state index in [1.54, 1.807) is 37.9 Å². The minimum atomic E-state index is -5.75. The van der Waals surface area contributed by atoms with Crippen LogP contribution in [0.2, 0.25) is 0 Å². The van der Waals surface area contributed by atoms with Crippen LogP contribution in [0.3, 0.4) is 0 Å². The maximum Gasteiger partial charge on any atom is 0.534 e. The summed E-state index contributed by atoms with van der Waals surface area (Å²) >= 11 is 0. The molecule has 0 radical (unpaired) electrons. The number of nitrogens with zero attached hydrogens (tertiary/aromatic N) is 2. The second-order valence-electron chi connectivity index (χ2n) is 8.45. The van der Waals surface area contributed by atoms with Crippen LogP contribution in [0.25, 0.3) is 10.9 Å². The molecule has 3 rings (SSSR count). The van der Waals surface area contributed by atoms with E-state index in [1.165, 1.54) is 12.1 Å². The van der Waals surface area contributed by atoms with Crippen molar-refractivity contribution < 1.29 is 35.3 Å². The number of rotatable bonds is 4. The van der Waals surface area contributed by atoms with Crippen LogP contribution in [0.5, 0.6) is 5.75 Å². The number of hydrogen-bond acceptors (Lipinski definition) is 7. The second-order valence-corrected chi connectivity index (χ2v) is 9.99. The zero-order chi connectivity index (χ0) is 23.7. The summed E-state index contributed by atoms with van der Waals surface area (Å²) in [6, 6.07) is 5.37. The number of benzene rings is 1. The maximum absolute atomic E-state index is 12.5. The van der Waals surface area contributed by atoms with Gasteiger partial charge >= 0.3 is 21.7 Å². The Bertz CT molecular complexity index is 1090. The van der Waals surface area contributed by atoms with Crippen molar-refractivity contribution in [3.8, 4) is 5.75 Å². The number of likely N-dealkylation sites (tertiary alicyclic amines) is 1. The van der Waals surface area contributed by atoms with E-state index in [9.17, 15) is 26.4 Å². The molecular weight excluding hydrogens is 451 g/mol. The molecule has 32 heavy (non-hydrogen) atoms. The predicted octanol–water partition coefficient (Wildman–Crippen LogP) is 4.27. The number of aromatic nitrogens is 1. The number of alkyl halides is 3. The lowest BCUT2D eigenvalue weighted by Crippen LogP contribution is -2.44. The Morgan fingerprint density at radius 2 is 1.81 bits per heavy atom. The molecule has 1 aromatic heterocycles. The molecule has 1 aliphatic rings. The van der Waals surface area contributed by atoms with E-state index in [2.05, 4.69) is 14.5 Å². The first-order valence-electron chi connectivity index (χ1n) is 9.88. The lowest BCUT2D eigenvalue weighted by atomic mass is 10.0. The zero-order valence-corrected chi connectivity index (χ0v) is 18.6. The van der Waals surface area contributed by atoms with Gasteiger partial charge in [0.1, 0.15) is 11.4 Å². The Morgan fingerprint density at radius 3 is 2.41 bits per heavy atom. The largest absolute Gasteiger partial charge is 0.534 e. The van der Waals surface area contributed by atoms with Crippen molar-refractivity contribution in [2.24, 2.45) is 0 Å².